The summed E-state index contributed by atoms with van der Waals surface area (Å²) in [5, 5.41) is 0.743. The molecule has 0 bridgehead atoms. The van der Waals surface area contributed by atoms with Crippen molar-refractivity contribution in [2.45, 2.75) is 13.8 Å². The Morgan fingerprint density at radius 1 is 0.326 bits per heavy atom. The maximum Gasteiger partial charge on any atom is 0.0462 e. The molecule has 0 N–H and O–H groups in total. The molecule has 0 unspecified atom stereocenters. The number of anilines is 3. The van der Waals surface area contributed by atoms with E-state index in [1.54, 1.807) is 0 Å². The van der Waals surface area contributed by atoms with Gasteiger partial charge in [-0.15, -0.1) is 0 Å². The van der Waals surface area contributed by atoms with Gasteiger partial charge in [0.05, 0.1) is 0 Å². The van der Waals surface area contributed by atoms with E-state index < -0.39 is 0 Å². The lowest BCUT2D eigenvalue weighted by Crippen LogP contribution is -2.09. The lowest BCUT2D eigenvalue weighted by molar-refractivity contribution is 1.28. The molecule has 6 rings (SSSR count). The number of halogens is 1. The van der Waals surface area contributed by atoms with Gasteiger partial charge in [-0.1, -0.05) is 156 Å². The second-order valence-electron chi connectivity index (χ2n) is 11.5. The summed E-state index contributed by atoms with van der Waals surface area (Å²) in [6.45, 7) is 4.22. The monoisotopic (exact) mass is 613 g/mol. The predicted molar refractivity (Wildman–Crippen MR) is 202 cm³/mol. The molecule has 2 heteroatoms. The third kappa shape index (κ3) is 8.21. The van der Waals surface area contributed by atoms with Crippen molar-refractivity contribution in [1.29, 1.82) is 0 Å². The molecule has 6 aromatic carbocycles. The Hall–Kier alpha value is -5.37. The Bertz CT molecular complexity index is 1710. The smallest absolute Gasteiger partial charge is 0.0462 e. The fraction of sp³-hybridized carbons (Fsp3) is 0.0455. The Kier molecular flexibility index (Phi) is 9.73. The number of hydrogen-bond donors (Lipinski definition) is 0. The molecule has 6 aromatic rings. The van der Waals surface area contributed by atoms with Crippen LogP contribution in [0.15, 0.2) is 146 Å². The van der Waals surface area contributed by atoms with Gasteiger partial charge in [0.25, 0.3) is 0 Å². The molecule has 0 atom stereocenters. The molecule has 0 saturated heterocycles. The first-order valence-electron chi connectivity index (χ1n) is 15.5. The summed E-state index contributed by atoms with van der Waals surface area (Å²) in [5.74, 6) is 0. The van der Waals surface area contributed by atoms with E-state index in [1.807, 2.05) is 24.3 Å². The number of benzene rings is 6. The van der Waals surface area contributed by atoms with Crippen LogP contribution >= 0.6 is 11.6 Å². The molecule has 0 saturated carbocycles. The topological polar surface area (TPSA) is 3.24 Å². The Morgan fingerprint density at radius 2 is 0.543 bits per heavy atom. The standard InChI is InChI=1S/C44H36ClN/c1-33-3-7-35(8-4-33)11-14-38-19-27-42(28-20-38)46(43-29-21-39(22-30-43)15-12-36-9-5-34(2)6-10-36)44-31-23-40(24-32-44)16-13-37-17-25-41(45)26-18-37/h3-32H,1-2H3/b14-11+,15-12+,16-13+. The van der Waals surface area contributed by atoms with Crippen molar-refractivity contribution in [1.82, 2.24) is 0 Å². The fourth-order valence-electron chi connectivity index (χ4n) is 5.16. The first-order valence-corrected chi connectivity index (χ1v) is 15.9. The zero-order chi connectivity index (χ0) is 31.7. The average molecular weight is 614 g/mol. The van der Waals surface area contributed by atoms with Crippen molar-refractivity contribution in [3.63, 3.8) is 0 Å². The summed E-state index contributed by atoms with van der Waals surface area (Å²) in [7, 11) is 0. The van der Waals surface area contributed by atoms with Gasteiger partial charge < -0.3 is 4.90 Å². The van der Waals surface area contributed by atoms with Gasteiger partial charge in [0.1, 0.15) is 0 Å². The predicted octanol–water partition coefficient (Wildman–Crippen LogP) is 12.9. The summed E-state index contributed by atoms with van der Waals surface area (Å²) < 4.78 is 0. The Balaban J connectivity index is 1.27. The SMILES string of the molecule is Cc1ccc(/C=C/c2ccc(N(c3ccc(/C=C/c4ccc(C)cc4)cc3)c3ccc(/C=C/c4ccc(Cl)cc4)cc3)cc2)cc1. The van der Waals surface area contributed by atoms with Crippen LogP contribution in [-0.4, -0.2) is 0 Å². The highest BCUT2D eigenvalue weighted by Crippen LogP contribution is 2.35. The highest BCUT2D eigenvalue weighted by atomic mass is 35.5. The molecule has 0 aliphatic carbocycles. The van der Waals surface area contributed by atoms with Crippen LogP contribution in [-0.2, 0) is 0 Å². The molecular formula is C44H36ClN. The zero-order valence-electron chi connectivity index (χ0n) is 26.1. The maximum absolute atomic E-state index is 6.05. The minimum Gasteiger partial charge on any atom is -0.311 e. The first kappa shape index (κ1) is 30.6. The van der Waals surface area contributed by atoms with Crippen LogP contribution in [0.5, 0.6) is 0 Å². The second kappa shape index (κ2) is 14.6. The molecule has 0 aliphatic rings. The van der Waals surface area contributed by atoms with Gasteiger partial charge >= 0.3 is 0 Å². The third-order valence-electron chi connectivity index (χ3n) is 7.88. The molecule has 0 aliphatic heterocycles. The average Bonchev–Trinajstić information content (AvgIpc) is 3.09. The second-order valence-corrected chi connectivity index (χ2v) is 11.9. The molecule has 0 fully saturated rings. The van der Waals surface area contributed by atoms with E-state index in [9.17, 15) is 0 Å². The van der Waals surface area contributed by atoms with Crippen LogP contribution in [0.2, 0.25) is 5.02 Å². The molecule has 46 heavy (non-hydrogen) atoms. The molecule has 1 nitrogen and oxygen atoms in total. The molecule has 0 amide bonds. The quantitative estimate of drug-likeness (QED) is 0.147. The minimum absolute atomic E-state index is 0.743. The number of hydrogen-bond acceptors (Lipinski definition) is 1. The molecule has 0 spiro atoms. The van der Waals surface area contributed by atoms with Gasteiger partial charge in [-0.3, -0.25) is 0 Å². The van der Waals surface area contributed by atoms with E-state index in [1.165, 1.54) is 22.3 Å². The Morgan fingerprint density at radius 3 is 0.804 bits per heavy atom. The van der Waals surface area contributed by atoms with Crippen LogP contribution in [0.25, 0.3) is 36.5 Å². The van der Waals surface area contributed by atoms with Gasteiger partial charge in [-0.05, 0) is 95.8 Å². The number of aryl methyl sites for hydroxylation is 2. The van der Waals surface area contributed by atoms with Gasteiger partial charge in [-0.2, -0.15) is 0 Å². The third-order valence-corrected chi connectivity index (χ3v) is 8.14. The van der Waals surface area contributed by atoms with E-state index in [0.717, 1.165) is 44.3 Å². The summed E-state index contributed by atoms with van der Waals surface area (Å²) in [6.07, 6.45) is 12.9. The molecule has 224 valence electrons. The fourth-order valence-corrected chi connectivity index (χ4v) is 5.28. The van der Waals surface area contributed by atoms with Gasteiger partial charge in [0.15, 0.2) is 0 Å². The van der Waals surface area contributed by atoms with Crippen molar-refractivity contribution >= 4 is 65.1 Å². The van der Waals surface area contributed by atoms with Crippen molar-refractivity contribution in [2.75, 3.05) is 4.90 Å². The minimum atomic E-state index is 0.743. The van der Waals surface area contributed by atoms with Crippen LogP contribution in [0.3, 0.4) is 0 Å². The Labute approximate surface area is 278 Å². The summed E-state index contributed by atoms with van der Waals surface area (Å²) in [5.41, 5.74) is 12.8. The highest BCUT2D eigenvalue weighted by molar-refractivity contribution is 6.30. The van der Waals surface area contributed by atoms with Crippen LogP contribution in [0, 0.1) is 13.8 Å². The summed E-state index contributed by atoms with van der Waals surface area (Å²) in [6, 6.07) is 51.2. The summed E-state index contributed by atoms with van der Waals surface area (Å²) in [4.78, 5) is 2.30. The van der Waals surface area contributed by atoms with Gasteiger partial charge in [-0.25, -0.2) is 0 Å². The van der Waals surface area contributed by atoms with Crippen molar-refractivity contribution < 1.29 is 0 Å². The highest BCUT2D eigenvalue weighted by Gasteiger charge is 2.12. The van der Waals surface area contributed by atoms with Gasteiger partial charge in [0.2, 0.25) is 0 Å². The molecular weight excluding hydrogens is 578 g/mol. The first-order chi connectivity index (χ1) is 22.5. The lowest BCUT2D eigenvalue weighted by Gasteiger charge is -2.26. The maximum atomic E-state index is 6.05. The van der Waals surface area contributed by atoms with Gasteiger partial charge in [0, 0.05) is 22.1 Å². The summed E-state index contributed by atoms with van der Waals surface area (Å²) >= 11 is 6.05. The van der Waals surface area contributed by atoms with Crippen molar-refractivity contribution in [3.05, 3.63) is 195 Å². The van der Waals surface area contributed by atoms with Crippen molar-refractivity contribution in [2.24, 2.45) is 0 Å². The number of nitrogens with zero attached hydrogens (tertiary/aromatic N) is 1. The van der Waals surface area contributed by atoms with Crippen LogP contribution in [0.1, 0.15) is 44.5 Å². The van der Waals surface area contributed by atoms with Crippen LogP contribution in [0.4, 0.5) is 17.1 Å². The van der Waals surface area contributed by atoms with E-state index >= 15 is 0 Å². The van der Waals surface area contributed by atoms with E-state index in [-0.39, 0.29) is 0 Å². The normalized spacial score (nSPS) is 11.5. The van der Waals surface area contributed by atoms with E-state index in [2.05, 4.69) is 177 Å². The molecule has 0 radical (unpaired) electrons. The largest absolute Gasteiger partial charge is 0.311 e. The van der Waals surface area contributed by atoms with Crippen LogP contribution < -0.4 is 4.90 Å². The van der Waals surface area contributed by atoms with E-state index in [0.29, 0.717) is 0 Å². The zero-order valence-corrected chi connectivity index (χ0v) is 26.9. The van der Waals surface area contributed by atoms with Crippen molar-refractivity contribution in [3.8, 4) is 0 Å². The molecule has 0 heterocycles. The molecule has 0 aromatic heterocycles. The van der Waals surface area contributed by atoms with E-state index in [4.69, 9.17) is 11.6 Å². The number of rotatable bonds is 9. The lowest BCUT2D eigenvalue weighted by atomic mass is 10.1.